The van der Waals surface area contributed by atoms with Crippen LogP contribution in [-0.4, -0.2) is 23.2 Å². The van der Waals surface area contributed by atoms with Crippen molar-refractivity contribution >= 4 is 11.6 Å². The molecule has 1 aliphatic rings. The van der Waals surface area contributed by atoms with Gasteiger partial charge in [0.25, 0.3) is 0 Å². The number of hydrogen-bond donors (Lipinski definition) is 2. The van der Waals surface area contributed by atoms with Gasteiger partial charge in [-0.1, -0.05) is 11.6 Å². The summed E-state index contributed by atoms with van der Waals surface area (Å²) in [6, 6.07) is 1.77. The Kier molecular flexibility index (Phi) is 2.24. The lowest BCUT2D eigenvalue weighted by molar-refractivity contribution is 0.0584. The Labute approximate surface area is 81.8 Å². The van der Waals surface area contributed by atoms with E-state index in [2.05, 4.69) is 10.3 Å². The third kappa shape index (κ3) is 1.68. The number of β-amino-alcohol motifs (C(OH)–C–C–N with tert-alkyl or cyclic N) is 1. The van der Waals surface area contributed by atoms with Crippen molar-refractivity contribution in [2.24, 2.45) is 0 Å². The van der Waals surface area contributed by atoms with Crippen LogP contribution in [0.5, 0.6) is 0 Å². The highest BCUT2D eigenvalue weighted by atomic mass is 35.5. The SMILES string of the molecule is O[C@]1(c2cncc(Cl)c2)CCNC1. The maximum absolute atomic E-state index is 10.1. The Balaban J connectivity index is 2.33. The highest BCUT2D eigenvalue weighted by molar-refractivity contribution is 6.30. The Bertz CT molecular complexity index is 310. The van der Waals surface area contributed by atoms with Gasteiger partial charge in [0.05, 0.1) is 5.02 Å². The molecular formula is C9H11ClN2O. The van der Waals surface area contributed by atoms with Gasteiger partial charge in [0.15, 0.2) is 0 Å². The second-order valence-corrected chi connectivity index (χ2v) is 3.79. The Morgan fingerprint density at radius 1 is 1.54 bits per heavy atom. The van der Waals surface area contributed by atoms with Crippen LogP contribution in [0, 0.1) is 0 Å². The molecule has 1 fully saturated rings. The van der Waals surface area contributed by atoms with Crippen LogP contribution in [0.4, 0.5) is 0 Å². The summed E-state index contributed by atoms with van der Waals surface area (Å²) < 4.78 is 0. The molecule has 0 bridgehead atoms. The molecule has 1 aromatic heterocycles. The lowest BCUT2D eigenvalue weighted by Crippen LogP contribution is -2.28. The number of hydrogen-bond acceptors (Lipinski definition) is 3. The van der Waals surface area contributed by atoms with Crippen LogP contribution in [0.2, 0.25) is 5.02 Å². The van der Waals surface area contributed by atoms with Crippen molar-refractivity contribution in [3.63, 3.8) is 0 Å². The molecule has 0 spiro atoms. The van der Waals surface area contributed by atoms with Crippen LogP contribution in [0.25, 0.3) is 0 Å². The lowest BCUT2D eigenvalue weighted by atomic mass is 9.95. The molecular weight excluding hydrogens is 188 g/mol. The van der Waals surface area contributed by atoms with Crippen molar-refractivity contribution in [3.8, 4) is 0 Å². The van der Waals surface area contributed by atoms with Crippen LogP contribution in [-0.2, 0) is 5.60 Å². The maximum atomic E-state index is 10.1. The number of rotatable bonds is 1. The van der Waals surface area contributed by atoms with Gasteiger partial charge in [0.1, 0.15) is 5.60 Å². The predicted octanol–water partition coefficient (Wildman–Crippen LogP) is 0.916. The molecule has 1 atom stereocenters. The Morgan fingerprint density at radius 3 is 3.00 bits per heavy atom. The average Bonchev–Trinajstić information content (AvgIpc) is 2.54. The summed E-state index contributed by atoms with van der Waals surface area (Å²) in [6.07, 6.45) is 3.95. The Hall–Kier alpha value is -0.640. The molecule has 1 aliphatic heterocycles. The van der Waals surface area contributed by atoms with Crippen LogP contribution in [0.3, 0.4) is 0 Å². The molecule has 13 heavy (non-hydrogen) atoms. The summed E-state index contributed by atoms with van der Waals surface area (Å²) in [5.41, 5.74) is 0.0164. The van der Waals surface area contributed by atoms with Gasteiger partial charge in [0.2, 0.25) is 0 Å². The zero-order valence-electron chi connectivity index (χ0n) is 7.13. The van der Waals surface area contributed by atoms with Gasteiger partial charge in [-0.15, -0.1) is 0 Å². The second kappa shape index (κ2) is 3.25. The summed E-state index contributed by atoms with van der Waals surface area (Å²) >= 11 is 5.79. The summed E-state index contributed by atoms with van der Waals surface area (Å²) in [4.78, 5) is 3.95. The van der Waals surface area contributed by atoms with Crippen molar-refractivity contribution < 1.29 is 5.11 Å². The van der Waals surface area contributed by atoms with E-state index in [-0.39, 0.29) is 0 Å². The van der Waals surface area contributed by atoms with E-state index in [1.807, 2.05) is 0 Å². The summed E-state index contributed by atoms with van der Waals surface area (Å²) in [7, 11) is 0. The summed E-state index contributed by atoms with van der Waals surface area (Å²) in [5.74, 6) is 0. The monoisotopic (exact) mass is 198 g/mol. The van der Waals surface area contributed by atoms with Crippen LogP contribution in [0.15, 0.2) is 18.5 Å². The van der Waals surface area contributed by atoms with Gasteiger partial charge in [-0.2, -0.15) is 0 Å². The first-order chi connectivity index (χ1) is 6.21. The molecule has 0 aliphatic carbocycles. The molecule has 2 rings (SSSR count). The molecule has 0 aromatic carbocycles. The van der Waals surface area contributed by atoms with Gasteiger partial charge in [0, 0.05) is 24.5 Å². The molecule has 0 amide bonds. The van der Waals surface area contributed by atoms with Crippen LogP contribution < -0.4 is 5.32 Å². The molecule has 2 heterocycles. The first-order valence-corrected chi connectivity index (χ1v) is 4.63. The fraction of sp³-hybridized carbons (Fsp3) is 0.444. The molecule has 0 saturated carbocycles. The van der Waals surface area contributed by atoms with E-state index < -0.39 is 5.60 Å². The largest absolute Gasteiger partial charge is 0.384 e. The molecule has 3 nitrogen and oxygen atoms in total. The minimum atomic E-state index is -0.780. The molecule has 2 N–H and O–H groups in total. The van der Waals surface area contributed by atoms with Crippen molar-refractivity contribution in [3.05, 3.63) is 29.0 Å². The standard InChI is InChI=1S/C9H11ClN2O/c10-8-3-7(4-12-5-8)9(13)1-2-11-6-9/h3-5,11,13H,1-2,6H2/t9-/m1/s1. The van der Waals surface area contributed by atoms with E-state index in [9.17, 15) is 5.11 Å². The fourth-order valence-electron chi connectivity index (χ4n) is 1.59. The predicted molar refractivity (Wildman–Crippen MR) is 50.6 cm³/mol. The first kappa shape index (κ1) is 8.94. The number of nitrogens with zero attached hydrogens (tertiary/aromatic N) is 1. The first-order valence-electron chi connectivity index (χ1n) is 4.25. The van der Waals surface area contributed by atoms with Gasteiger partial charge in [-0.3, -0.25) is 4.98 Å². The fourth-order valence-corrected chi connectivity index (χ4v) is 1.77. The zero-order chi connectivity index (χ0) is 9.31. The van der Waals surface area contributed by atoms with Gasteiger partial charge < -0.3 is 10.4 Å². The molecule has 4 heteroatoms. The minimum Gasteiger partial charge on any atom is -0.384 e. The van der Waals surface area contributed by atoms with E-state index in [1.54, 1.807) is 18.5 Å². The average molecular weight is 199 g/mol. The van der Waals surface area contributed by atoms with Gasteiger partial charge in [-0.05, 0) is 19.0 Å². The van der Waals surface area contributed by atoms with E-state index >= 15 is 0 Å². The normalized spacial score (nSPS) is 27.8. The zero-order valence-corrected chi connectivity index (χ0v) is 7.88. The minimum absolute atomic E-state index is 0.567. The molecule has 0 unspecified atom stereocenters. The smallest absolute Gasteiger partial charge is 0.105 e. The van der Waals surface area contributed by atoms with Crippen molar-refractivity contribution in [2.75, 3.05) is 13.1 Å². The molecule has 0 radical (unpaired) electrons. The third-order valence-electron chi connectivity index (χ3n) is 2.38. The highest BCUT2D eigenvalue weighted by Gasteiger charge is 2.33. The molecule has 1 aromatic rings. The Morgan fingerprint density at radius 2 is 2.38 bits per heavy atom. The third-order valence-corrected chi connectivity index (χ3v) is 2.58. The van der Waals surface area contributed by atoms with E-state index in [0.717, 1.165) is 18.5 Å². The van der Waals surface area contributed by atoms with Crippen LogP contribution >= 0.6 is 11.6 Å². The quantitative estimate of drug-likeness (QED) is 0.706. The summed E-state index contributed by atoms with van der Waals surface area (Å²) in [5, 5.41) is 13.8. The van der Waals surface area contributed by atoms with Crippen molar-refractivity contribution in [1.82, 2.24) is 10.3 Å². The van der Waals surface area contributed by atoms with E-state index in [0.29, 0.717) is 11.6 Å². The topological polar surface area (TPSA) is 45.2 Å². The number of aromatic nitrogens is 1. The number of pyridine rings is 1. The van der Waals surface area contributed by atoms with Crippen LogP contribution in [0.1, 0.15) is 12.0 Å². The lowest BCUT2D eigenvalue weighted by Gasteiger charge is -2.21. The van der Waals surface area contributed by atoms with Gasteiger partial charge in [-0.25, -0.2) is 0 Å². The number of aliphatic hydroxyl groups is 1. The summed E-state index contributed by atoms with van der Waals surface area (Å²) in [6.45, 7) is 1.41. The van der Waals surface area contributed by atoms with Crippen molar-refractivity contribution in [1.29, 1.82) is 0 Å². The molecule has 70 valence electrons. The van der Waals surface area contributed by atoms with E-state index in [1.165, 1.54) is 0 Å². The maximum Gasteiger partial charge on any atom is 0.105 e. The molecule has 1 saturated heterocycles. The van der Waals surface area contributed by atoms with Gasteiger partial charge >= 0.3 is 0 Å². The second-order valence-electron chi connectivity index (χ2n) is 3.35. The highest BCUT2D eigenvalue weighted by Crippen LogP contribution is 2.28. The number of nitrogens with one attached hydrogen (secondary N) is 1. The number of halogens is 1. The van der Waals surface area contributed by atoms with E-state index in [4.69, 9.17) is 11.6 Å². The van der Waals surface area contributed by atoms with Crippen molar-refractivity contribution in [2.45, 2.75) is 12.0 Å².